The smallest absolute Gasteiger partial charge is 0.377 e. The number of carbonyl (C=O) groups is 1. The number of fused-ring (bicyclic) bond motifs is 1. The van der Waals surface area contributed by atoms with Crippen molar-refractivity contribution in [3.63, 3.8) is 0 Å². The number of rotatable bonds is 2. The first-order valence-corrected chi connectivity index (χ1v) is 7.81. The van der Waals surface area contributed by atoms with Crippen LogP contribution in [0.3, 0.4) is 0 Å². The van der Waals surface area contributed by atoms with Crippen LogP contribution in [-0.2, 0) is 28.8 Å². The highest BCUT2D eigenvalue weighted by Gasteiger charge is 2.41. The molecular formula is C14H19F3N4O2. The Labute approximate surface area is 131 Å². The van der Waals surface area contributed by atoms with E-state index in [1.165, 1.54) is 0 Å². The molecule has 9 heteroatoms. The molecule has 3 rings (SSSR count). The Hall–Kier alpha value is -1.64. The van der Waals surface area contributed by atoms with Crippen LogP contribution in [0.15, 0.2) is 0 Å². The Morgan fingerprint density at radius 1 is 1.35 bits per heavy atom. The van der Waals surface area contributed by atoms with Gasteiger partial charge in [-0.15, -0.1) is 10.2 Å². The second-order valence-corrected chi connectivity index (χ2v) is 5.92. The molecular weight excluding hydrogens is 313 g/mol. The van der Waals surface area contributed by atoms with E-state index in [1.54, 1.807) is 4.90 Å². The van der Waals surface area contributed by atoms with Crippen LogP contribution in [0.1, 0.15) is 37.8 Å². The van der Waals surface area contributed by atoms with Crippen LogP contribution in [0.5, 0.6) is 0 Å². The van der Waals surface area contributed by atoms with E-state index in [0.29, 0.717) is 6.61 Å². The minimum Gasteiger partial charge on any atom is -0.377 e. The van der Waals surface area contributed by atoms with Crippen molar-refractivity contribution >= 4 is 5.91 Å². The minimum atomic E-state index is -4.53. The maximum absolute atomic E-state index is 12.8. The molecule has 2 atom stereocenters. The molecule has 0 aliphatic carbocycles. The average Bonchev–Trinajstić information content (AvgIpc) is 2.97. The number of hydrogen-bond donors (Lipinski definition) is 0. The topological polar surface area (TPSA) is 60.2 Å². The molecule has 0 spiro atoms. The van der Waals surface area contributed by atoms with E-state index in [4.69, 9.17) is 4.74 Å². The predicted octanol–water partition coefficient (Wildman–Crippen LogP) is 1.84. The molecule has 0 radical (unpaired) electrons. The van der Waals surface area contributed by atoms with E-state index in [2.05, 4.69) is 10.2 Å². The third-order valence-corrected chi connectivity index (χ3v) is 4.48. The van der Waals surface area contributed by atoms with Gasteiger partial charge in [-0.25, -0.2) is 0 Å². The number of ether oxygens (including phenoxy) is 1. The second kappa shape index (κ2) is 6.10. The van der Waals surface area contributed by atoms with Crippen molar-refractivity contribution < 1.29 is 22.7 Å². The number of halogens is 3. The summed E-state index contributed by atoms with van der Waals surface area (Å²) in [6, 6.07) is 0. The highest BCUT2D eigenvalue weighted by atomic mass is 19.4. The molecule has 0 unspecified atom stereocenters. The summed E-state index contributed by atoms with van der Waals surface area (Å²) >= 11 is 0. The molecule has 2 aliphatic heterocycles. The van der Waals surface area contributed by atoms with Crippen LogP contribution >= 0.6 is 0 Å². The lowest BCUT2D eigenvalue weighted by molar-refractivity contribution is -0.149. The zero-order valence-electron chi connectivity index (χ0n) is 12.8. The maximum Gasteiger partial charge on any atom is 0.451 e. The Kier molecular flexibility index (Phi) is 4.31. The van der Waals surface area contributed by atoms with Crippen molar-refractivity contribution in [3.05, 3.63) is 11.6 Å². The molecule has 1 amide bonds. The lowest BCUT2D eigenvalue weighted by Crippen LogP contribution is -2.46. The number of carbonyl (C=O) groups excluding carboxylic acids is 1. The molecule has 1 aromatic rings. The summed E-state index contributed by atoms with van der Waals surface area (Å²) in [5, 5.41) is 6.84. The van der Waals surface area contributed by atoms with E-state index >= 15 is 0 Å². The van der Waals surface area contributed by atoms with Gasteiger partial charge in [-0.05, 0) is 19.3 Å². The van der Waals surface area contributed by atoms with Gasteiger partial charge in [0.2, 0.25) is 11.7 Å². The number of aromatic nitrogens is 3. The first-order valence-electron chi connectivity index (χ1n) is 7.81. The van der Waals surface area contributed by atoms with Crippen LogP contribution < -0.4 is 0 Å². The van der Waals surface area contributed by atoms with Crippen molar-refractivity contribution in [3.8, 4) is 0 Å². The number of alkyl halides is 3. The monoisotopic (exact) mass is 332 g/mol. The Morgan fingerprint density at radius 3 is 2.83 bits per heavy atom. The van der Waals surface area contributed by atoms with E-state index in [9.17, 15) is 18.0 Å². The summed E-state index contributed by atoms with van der Waals surface area (Å²) in [6.45, 7) is 2.99. The fourth-order valence-electron chi connectivity index (χ4n) is 3.31. The Bertz CT molecular complexity index is 587. The molecule has 0 bridgehead atoms. The van der Waals surface area contributed by atoms with Gasteiger partial charge in [-0.1, -0.05) is 6.92 Å². The van der Waals surface area contributed by atoms with Gasteiger partial charge >= 0.3 is 6.18 Å². The van der Waals surface area contributed by atoms with Gasteiger partial charge < -0.3 is 14.2 Å². The number of nitrogens with zero attached hydrogens (tertiary/aromatic N) is 4. The van der Waals surface area contributed by atoms with Crippen LogP contribution in [0.2, 0.25) is 0 Å². The van der Waals surface area contributed by atoms with Crippen LogP contribution in [0, 0.1) is 5.92 Å². The third-order valence-electron chi connectivity index (χ3n) is 4.48. The molecule has 0 saturated carbocycles. The van der Waals surface area contributed by atoms with Crippen LogP contribution in [0.4, 0.5) is 13.2 Å². The molecule has 1 aromatic heterocycles. The zero-order chi connectivity index (χ0) is 16.6. The van der Waals surface area contributed by atoms with Gasteiger partial charge in [0.15, 0.2) is 5.82 Å². The molecule has 128 valence electrons. The first-order chi connectivity index (χ1) is 10.9. The standard InChI is InChI=1S/C14H19F3N4O2/c1-2-10-9(4-3-7-23-10)12(22)20-5-6-21-11(8-20)18-19-13(21)14(15,16)17/h9-10H,2-8H2,1H3/t9-,10+/m1/s1. The highest BCUT2D eigenvalue weighted by Crippen LogP contribution is 2.31. The summed E-state index contributed by atoms with van der Waals surface area (Å²) in [6.07, 6.45) is -2.30. The number of amides is 1. The van der Waals surface area contributed by atoms with E-state index in [0.717, 1.165) is 23.8 Å². The van der Waals surface area contributed by atoms with Crippen molar-refractivity contribution in [1.29, 1.82) is 0 Å². The van der Waals surface area contributed by atoms with Crippen molar-refractivity contribution in [1.82, 2.24) is 19.7 Å². The van der Waals surface area contributed by atoms with Gasteiger partial charge in [0.05, 0.1) is 18.6 Å². The fraction of sp³-hybridized carbons (Fsp3) is 0.786. The summed E-state index contributed by atoms with van der Waals surface area (Å²) in [4.78, 5) is 14.3. The van der Waals surface area contributed by atoms with Crippen molar-refractivity contribution in [2.24, 2.45) is 5.92 Å². The summed E-state index contributed by atoms with van der Waals surface area (Å²) in [5.74, 6) is -1.08. The molecule has 6 nitrogen and oxygen atoms in total. The average molecular weight is 332 g/mol. The van der Waals surface area contributed by atoms with Gasteiger partial charge in [-0.2, -0.15) is 13.2 Å². The lowest BCUT2D eigenvalue weighted by Gasteiger charge is -2.36. The largest absolute Gasteiger partial charge is 0.451 e. The molecule has 0 aromatic carbocycles. The highest BCUT2D eigenvalue weighted by molar-refractivity contribution is 5.79. The lowest BCUT2D eigenvalue weighted by atomic mass is 9.91. The quantitative estimate of drug-likeness (QED) is 0.829. The SMILES string of the molecule is CC[C@@H]1OCCC[C@H]1C(=O)N1CCn2c(nnc2C(F)(F)F)C1. The Balaban J connectivity index is 1.74. The maximum atomic E-state index is 12.8. The normalized spacial score (nSPS) is 25.3. The van der Waals surface area contributed by atoms with E-state index in [-0.39, 0.29) is 43.4 Å². The summed E-state index contributed by atoms with van der Waals surface area (Å²) in [5.41, 5.74) is 0. The molecule has 1 fully saturated rings. The van der Waals surface area contributed by atoms with Crippen molar-refractivity contribution in [2.75, 3.05) is 13.2 Å². The molecule has 3 heterocycles. The molecule has 0 N–H and O–H groups in total. The van der Waals surface area contributed by atoms with Gasteiger partial charge in [-0.3, -0.25) is 4.79 Å². The second-order valence-electron chi connectivity index (χ2n) is 5.92. The zero-order valence-corrected chi connectivity index (χ0v) is 12.8. The van der Waals surface area contributed by atoms with Gasteiger partial charge in [0.1, 0.15) is 0 Å². The van der Waals surface area contributed by atoms with Crippen LogP contribution in [0.25, 0.3) is 0 Å². The minimum absolute atomic E-state index is 0.0561. The Morgan fingerprint density at radius 2 is 2.13 bits per heavy atom. The molecule has 23 heavy (non-hydrogen) atoms. The summed E-state index contributed by atoms with van der Waals surface area (Å²) in [7, 11) is 0. The first kappa shape index (κ1) is 16.2. The molecule has 2 aliphatic rings. The van der Waals surface area contributed by atoms with E-state index < -0.39 is 12.0 Å². The molecule has 1 saturated heterocycles. The van der Waals surface area contributed by atoms with Gasteiger partial charge in [0, 0.05) is 19.7 Å². The van der Waals surface area contributed by atoms with Crippen molar-refractivity contribution in [2.45, 2.75) is 51.6 Å². The number of hydrogen-bond acceptors (Lipinski definition) is 4. The third kappa shape index (κ3) is 3.06. The van der Waals surface area contributed by atoms with Crippen LogP contribution in [-0.4, -0.2) is 44.8 Å². The van der Waals surface area contributed by atoms with E-state index in [1.807, 2.05) is 6.92 Å². The predicted molar refractivity (Wildman–Crippen MR) is 73.2 cm³/mol. The summed E-state index contributed by atoms with van der Waals surface area (Å²) < 4.78 is 45.2. The van der Waals surface area contributed by atoms with Gasteiger partial charge in [0.25, 0.3) is 0 Å². The fourth-order valence-corrected chi connectivity index (χ4v) is 3.31.